The van der Waals surface area contributed by atoms with E-state index in [-0.39, 0.29) is 29.2 Å². The summed E-state index contributed by atoms with van der Waals surface area (Å²) in [5.74, 6) is -1.53. The second kappa shape index (κ2) is 5.56. The number of ether oxygens (including phenoxy) is 1. The number of hydrogen-bond acceptors (Lipinski definition) is 3. The van der Waals surface area contributed by atoms with Gasteiger partial charge in [0.2, 0.25) is 5.88 Å². The second-order valence-corrected chi connectivity index (χ2v) is 3.94. The third-order valence-corrected chi connectivity index (χ3v) is 2.55. The van der Waals surface area contributed by atoms with Gasteiger partial charge in [0.1, 0.15) is 11.6 Å². The molecule has 0 saturated heterocycles. The van der Waals surface area contributed by atoms with Gasteiger partial charge in [0.15, 0.2) is 5.78 Å². The van der Waals surface area contributed by atoms with E-state index in [0.29, 0.717) is 0 Å². The van der Waals surface area contributed by atoms with Crippen molar-refractivity contribution < 1.29 is 18.3 Å². The summed E-state index contributed by atoms with van der Waals surface area (Å²) in [6, 6.07) is 6.18. The lowest BCUT2D eigenvalue weighted by Crippen LogP contribution is -2.07. The van der Waals surface area contributed by atoms with Gasteiger partial charge in [-0.1, -0.05) is 0 Å². The number of rotatable bonds is 4. The molecule has 0 amide bonds. The van der Waals surface area contributed by atoms with Crippen LogP contribution in [0.25, 0.3) is 0 Å². The van der Waals surface area contributed by atoms with Crippen molar-refractivity contribution in [2.45, 2.75) is 6.42 Å². The van der Waals surface area contributed by atoms with Crippen molar-refractivity contribution in [3.05, 3.63) is 59.3 Å². The number of carbonyl (C=O) groups excluding carboxylic acids is 1. The van der Waals surface area contributed by atoms with Crippen LogP contribution in [0.15, 0.2) is 36.5 Å². The Morgan fingerprint density at radius 2 is 1.95 bits per heavy atom. The maximum Gasteiger partial charge on any atom is 0.224 e. The quantitative estimate of drug-likeness (QED) is 0.796. The summed E-state index contributed by atoms with van der Waals surface area (Å²) in [6.07, 6.45) is 1.38. The molecule has 0 unspecified atom stereocenters. The summed E-state index contributed by atoms with van der Waals surface area (Å²) in [5.41, 5.74) is 0.558. The highest BCUT2D eigenvalue weighted by atomic mass is 19.1. The van der Waals surface area contributed by atoms with E-state index in [9.17, 15) is 13.6 Å². The number of carbonyl (C=O) groups is 1. The summed E-state index contributed by atoms with van der Waals surface area (Å²) in [7, 11) is 1.40. The smallest absolute Gasteiger partial charge is 0.224 e. The number of methoxy groups -OCH3 is 1. The third-order valence-electron chi connectivity index (χ3n) is 2.55. The predicted molar refractivity (Wildman–Crippen MR) is 65.2 cm³/mol. The summed E-state index contributed by atoms with van der Waals surface area (Å²) in [4.78, 5) is 16.0. The number of hydrogen-bond donors (Lipinski definition) is 0. The predicted octanol–water partition coefficient (Wildman–Crippen LogP) is 2.79. The first kappa shape index (κ1) is 13.1. The Balaban J connectivity index is 2.25. The molecular weight excluding hydrogens is 252 g/mol. The molecule has 19 heavy (non-hydrogen) atoms. The summed E-state index contributed by atoms with van der Waals surface area (Å²) >= 11 is 0. The number of ketones is 1. The lowest BCUT2D eigenvalue weighted by atomic mass is 10.0. The Hall–Kier alpha value is -2.30. The molecule has 0 aliphatic rings. The number of nitrogens with zero attached hydrogens (tertiary/aromatic N) is 1. The Bertz CT molecular complexity index is 594. The molecule has 0 radical (unpaired) electrons. The first-order chi connectivity index (χ1) is 9.10. The highest BCUT2D eigenvalue weighted by molar-refractivity contribution is 5.99. The van der Waals surface area contributed by atoms with E-state index < -0.39 is 11.6 Å². The standard InChI is InChI=1S/C14H11F2NO2/c1-19-14-12(3-2-4-17-14)13(18)7-9-5-10(15)8-11(16)6-9/h2-6,8H,7H2,1H3. The summed E-state index contributed by atoms with van der Waals surface area (Å²) < 4.78 is 31.0. The monoisotopic (exact) mass is 263 g/mol. The van der Waals surface area contributed by atoms with Gasteiger partial charge < -0.3 is 4.74 Å². The van der Waals surface area contributed by atoms with E-state index in [1.165, 1.54) is 13.3 Å². The molecule has 0 aliphatic carbocycles. The lowest BCUT2D eigenvalue weighted by Gasteiger charge is -2.06. The number of pyridine rings is 1. The van der Waals surface area contributed by atoms with Crippen molar-refractivity contribution >= 4 is 5.78 Å². The van der Waals surface area contributed by atoms with Crippen LogP contribution >= 0.6 is 0 Å². The van der Waals surface area contributed by atoms with E-state index in [1.54, 1.807) is 12.1 Å². The largest absolute Gasteiger partial charge is 0.480 e. The van der Waals surface area contributed by atoms with Crippen LogP contribution in [0, 0.1) is 11.6 Å². The van der Waals surface area contributed by atoms with Crippen LogP contribution in [0.1, 0.15) is 15.9 Å². The van der Waals surface area contributed by atoms with Gasteiger partial charge in [-0.05, 0) is 29.8 Å². The minimum atomic E-state index is -0.707. The maximum absolute atomic E-state index is 13.0. The van der Waals surface area contributed by atoms with Gasteiger partial charge in [-0.25, -0.2) is 13.8 Å². The normalized spacial score (nSPS) is 10.3. The van der Waals surface area contributed by atoms with Crippen LogP contribution in [0.5, 0.6) is 5.88 Å². The van der Waals surface area contributed by atoms with Gasteiger partial charge in [-0.2, -0.15) is 0 Å². The molecule has 0 bridgehead atoms. The van der Waals surface area contributed by atoms with E-state index in [4.69, 9.17) is 4.74 Å². The number of aromatic nitrogens is 1. The van der Waals surface area contributed by atoms with Crippen molar-refractivity contribution in [3.63, 3.8) is 0 Å². The molecule has 2 rings (SSSR count). The van der Waals surface area contributed by atoms with Gasteiger partial charge in [0.25, 0.3) is 0 Å². The average molecular weight is 263 g/mol. The molecule has 1 heterocycles. The van der Waals surface area contributed by atoms with Gasteiger partial charge in [-0.15, -0.1) is 0 Å². The molecule has 0 aliphatic heterocycles. The zero-order valence-electron chi connectivity index (χ0n) is 10.2. The molecule has 0 N–H and O–H groups in total. The molecule has 0 atom stereocenters. The molecular formula is C14H11F2NO2. The summed E-state index contributed by atoms with van der Waals surface area (Å²) in [5, 5.41) is 0. The molecule has 0 fully saturated rings. The van der Waals surface area contributed by atoms with Crippen LogP contribution < -0.4 is 4.74 Å². The average Bonchev–Trinajstić information content (AvgIpc) is 2.37. The van der Waals surface area contributed by atoms with Gasteiger partial charge >= 0.3 is 0 Å². The maximum atomic E-state index is 13.0. The minimum absolute atomic E-state index is 0.114. The first-order valence-electron chi connectivity index (χ1n) is 5.57. The van der Waals surface area contributed by atoms with Crippen molar-refractivity contribution in [1.82, 2.24) is 4.98 Å². The second-order valence-electron chi connectivity index (χ2n) is 3.94. The molecule has 98 valence electrons. The topological polar surface area (TPSA) is 39.2 Å². The van der Waals surface area contributed by atoms with E-state index in [1.807, 2.05) is 0 Å². The van der Waals surface area contributed by atoms with Crippen LogP contribution in [-0.2, 0) is 6.42 Å². The van der Waals surface area contributed by atoms with Crippen molar-refractivity contribution in [2.75, 3.05) is 7.11 Å². The fourth-order valence-corrected chi connectivity index (χ4v) is 1.76. The molecule has 3 nitrogen and oxygen atoms in total. The summed E-state index contributed by atoms with van der Waals surface area (Å²) in [6.45, 7) is 0. The Morgan fingerprint density at radius 1 is 1.26 bits per heavy atom. The van der Waals surface area contributed by atoms with Crippen LogP contribution in [0.2, 0.25) is 0 Å². The molecule has 1 aromatic carbocycles. The fourth-order valence-electron chi connectivity index (χ4n) is 1.76. The lowest BCUT2D eigenvalue weighted by molar-refractivity contribution is 0.0989. The third kappa shape index (κ3) is 3.13. The van der Waals surface area contributed by atoms with Gasteiger partial charge in [-0.3, -0.25) is 4.79 Å². The van der Waals surface area contributed by atoms with Crippen LogP contribution in [0.4, 0.5) is 8.78 Å². The molecule has 2 aromatic rings. The van der Waals surface area contributed by atoms with E-state index in [2.05, 4.69) is 4.98 Å². The molecule has 5 heteroatoms. The van der Waals surface area contributed by atoms with Gasteiger partial charge in [0.05, 0.1) is 12.7 Å². The molecule has 0 spiro atoms. The SMILES string of the molecule is COc1ncccc1C(=O)Cc1cc(F)cc(F)c1. The number of benzene rings is 1. The highest BCUT2D eigenvalue weighted by Gasteiger charge is 2.14. The molecule has 1 aromatic heterocycles. The van der Waals surface area contributed by atoms with Crippen LogP contribution in [-0.4, -0.2) is 17.9 Å². The number of halogens is 2. The minimum Gasteiger partial charge on any atom is -0.480 e. The molecule has 0 saturated carbocycles. The van der Waals surface area contributed by atoms with E-state index >= 15 is 0 Å². The number of Topliss-reactive ketones (excluding diaryl/α,β-unsaturated/α-hetero) is 1. The van der Waals surface area contributed by atoms with Crippen molar-refractivity contribution in [3.8, 4) is 5.88 Å². The zero-order valence-corrected chi connectivity index (χ0v) is 10.2. The van der Waals surface area contributed by atoms with Gasteiger partial charge in [0, 0.05) is 18.7 Å². The first-order valence-corrected chi connectivity index (χ1v) is 5.57. The van der Waals surface area contributed by atoms with Crippen molar-refractivity contribution in [1.29, 1.82) is 0 Å². The Morgan fingerprint density at radius 3 is 2.58 bits per heavy atom. The Kier molecular flexibility index (Phi) is 3.85. The van der Waals surface area contributed by atoms with Crippen LogP contribution in [0.3, 0.4) is 0 Å². The Labute approximate surface area is 108 Å². The fraction of sp³-hybridized carbons (Fsp3) is 0.143. The van der Waals surface area contributed by atoms with Crippen molar-refractivity contribution in [2.24, 2.45) is 0 Å². The van der Waals surface area contributed by atoms with E-state index in [0.717, 1.165) is 18.2 Å². The zero-order chi connectivity index (χ0) is 13.8. The highest BCUT2D eigenvalue weighted by Crippen LogP contribution is 2.17.